The van der Waals surface area contributed by atoms with E-state index in [1.54, 1.807) is 49.9 Å². The largest absolute Gasteiger partial charge is 0.493 e. The lowest BCUT2D eigenvalue weighted by molar-refractivity contribution is -0.122. The summed E-state index contributed by atoms with van der Waals surface area (Å²) in [5.41, 5.74) is 0.754. The van der Waals surface area contributed by atoms with E-state index >= 15 is 0 Å². The molecule has 4 rings (SSSR count). The Morgan fingerprint density at radius 3 is 2.57 bits per heavy atom. The van der Waals surface area contributed by atoms with Crippen molar-refractivity contribution in [3.05, 3.63) is 48.5 Å². The molecule has 0 radical (unpaired) electrons. The highest BCUT2D eigenvalue weighted by molar-refractivity contribution is 7.20. The molecule has 30 heavy (non-hydrogen) atoms. The summed E-state index contributed by atoms with van der Waals surface area (Å²) in [6.07, 6.45) is -0.688. The van der Waals surface area contributed by atoms with Gasteiger partial charge in [0.15, 0.2) is 23.4 Å². The number of nitrogens with one attached hydrogen (secondary N) is 1. The van der Waals surface area contributed by atoms with Crippen LogP contribution in [0.2, 0.25) is 0 Å². The van der Waals surface area contributed by atoms with Crippen LogP contribution in [-0.2, 0) is 4.79 Å². The van der Waals surface area contributed by atoms with E-state index in [9.17, 15) is 4.79 Å². The summed E-state index contributed by atoms with van der Waals surface area (Å²) in [5, 5.41) is 15.9. The highest BCUT2D eigenvalue weighted by Gasteiger charge is 2.19. The van der Waals surface area contributed by atoms with Crippen LogP contribution < -0.4 is 19.5 Å². The predicted octanol–water partition coefficient (Wildman–Crippen LogP) is 3.28. The van der Waals surface area contributed by atoms with Crippen LogP contribution in [0.25, 0.3) is 16.3 Å². The minimum absolute atomic E-state index is 0.309. The summed E-state index contributed by atoms with van der Waals surface area (Å²) in [7, 11) is 3.14. The molecule has 0 aliphatic carbocycles. The third-order valence-electron chi connectivity index (χ3n) is 4.29. The molecule has 2 aromatic carbocycles. The van der Waals surface area contributed by atoms with E-state index in [1.807, 2.05) is 24.3 Å². The SMILES string of the molecule is COc1ccc(-c2nnc3sc(NC(=O)[C@@H](C)Oc4ccccc4)nn23)cc1OC. The number of amides is 1. The van der Waals surface area contributed by atoms with Crippen LogP contribution in [-0.4, -0.2) is 46.0 Å². The summed E-state index contributed by atoms with van der Waals surface area (Å²) in [6, 6.07) is 14.6. The summed E-state index contributed by atoms with van der Waals surface area (Å²) >= 11 is 1.22. The van der Waals surface area contributed by atoms with Gasteiger partial charge in [-0.15, -0.1) is 15.3 Å². The number of carbonyl (C=O) groups is 1. The van der Waals surface area contributed by atoms with Crippen LogP contribution >= 0.6 is 11.3 Å². The van der Waals surface area contributed by atoms with E-state index in [0.29, 0.717) is 33.2 Å². The van der Waals surface area contributed by atoms with Gasteiger partial charge in [0.25, 0.3) is 5.91 Å². The quantitative estimate of drug-likeness (QED) is 0.485. The van der Waals surface area contributed by atoms with Crippen molar-refractivity contribution in [3.8, 4) is 28.6 Å². The van der Waals surface area contributed by atoms with E-state index in [-0.39, 0.29) is 5.91 Å². The van der Waals surface area contributed by atoms with Gasteiger partial charge in [0, 0.05) is 5.56 Å². The first-order valence-corrected chi connectivity index (χ1v) is 9.88. The lowest BCUT2D eigenvalue weighted by Crippen LogP contribution is -2.30. The van der Waals surface area contributed by atoms with Crippen molar-refractivity contribution in [3.63, 3.8) is 0 Å². The van der Waals surface area contributed by atoms with Crippen LogP contribution in [0.4, 0.5) is 5.13 Å². The molecule has 2 aromatic heterocycles. The zero-order valence-electron chi connectivity index (χ0n) is 16.5. The number of para-hydroxylation sites is 1. The third-order valence-corrected chi connectivity index (χ3v) is 5.10. The van der Waals surface area contributed by atoms with Crippen LogP contribution in [0.15, 0.2) is 48.5 Å². The maximum Gasteiger partial charge on any atom is 0.266 e. The molecule has 4 aromatic rings. The molecule has 0 saturated carbocycles. The molecule has 0 bridgehead atoms. The lowest BCUT2D eigenvalue weighted by atomic mass is 10.2. The van der Waals surface area contributed by atoms with E-state index in [1.165, 1.54) is 11.3 Å². The number of hydrogen-bond donors (Lipinski definition) is 1. The number of hydrogen-bond acceptors (Lipinski definition) is 8. The number of nitrogens with zero attached hydrogens (tertiary/aromatic N) is 4. The Hall–Kier alpha value is -3.66. The van der Waals surface area contributed by atoms with E-state index in [0.717, 1.165) is 5.56 Å². The Bertz CT molecular complexity index is 1170. The predicted molar refractivity (Wildman–Crippen MR) is 112 cm³/mol. The van der Waals surface area contributed by atoms with Crippen molar-refractivity contribution < 1.29 is 19.0 Å². The van der Waals surface area contributed by atoms with Gasteiger partial charge in [-0.25, -0.2) is 0 Å². The van der Waals surface area contributed by atoms with Gasteiger partial charge in [0.1, 0.15) is 5.75 Å². The highest BCUT2D eigenvalue weighted by atomic mass is 32.1. The maximum absolute atomic E-state index is 12.5. The molecule has 2 heterocycles. The summed E-state index contributed by atoms with van der Waals surface area (Å²) in [5.74, 6) is 2.02. The number of benzene rings is 2. The highest BCUT2D eigenvalue weighted by Crippen LogP contribution is 2.32. The molecule has 0 unspecified atom stereocenters. The fraction of sp³-hybridized carbons (Fsp3) is 0.200. The molecule has 10 heteroatoms. The van der Waals surface area contributed by atoms with Gasteiger partial charge in [0.05, 0.1) is 14.2 Å². The number of methoxy groups -OCH3 is 2. The van der Waals surface area contributed by atoms with E-state index < -0.39 is 6.10 Å². The van der Waals surface area contributed by atoms with Crippen LogP contribution in [0.3, 0.4) is 0 Å². The topological polar surface area (TPSA) is 99.9 Å². The standard InChI is InChI=1S/C20H19N5O4S/c1-12(29-14-7-5-4-6-8-14)18(26)21-19-24-25-17(22-23-20(25)30-19)13-9-10-15(27-2)16(11-13)28-3/h4-12H,1-3H3,(H,21,24,26)/t12-/m1/s1. The Labute approximate surface area is 176 Å². The first-order chi connectivity index (χ1) is 14.6. The average Bonchev–Trinajstić information content (AvgIpc) is 3.34. The van der Waals surface area contributed by atoms with Gasteiger partial charge in [0.2, 0.25) is 10.1 Å². The number of fused-ring (bicyclic) bond motifs is 1. The summed E-state index contributed by atoms with van der Waals surface area (Å²) in [6.45, 7) is 1.68. The zero-order valence-corrected chi connectivity index (χ0v) is 17.3. The molecule has 9 nitrogen and oxygen atoms in total. The minimum Gasteiger partial charge on any atom is -0.493 e. The number of aromatic nitrogens is 4. The average molecular weight is 425 g/mol. The van der Waals surface area contributed by atoms with Gasteiger partial charge in [-0.3, -0.25) is 10.1 Å². The Morgan fingerprint density at radius 1 is 1.07 bits per heavy atom. The number of rotatable bonds is 7. The van der Waals surface area contributed by atoms with Gasteiger partial charge in [-0.05, 0) is 37.3 Å². The number of anilines is 1. The van der Waals surface area contributed by atoms with E-state index in [2.05, 4.69) is 20.6 Å². The lowest BCUT2D eigenvalue weighted by Gasteiger charge is -2.13. The number of carbonyl (C=O) groups excluding carboxylic acids is 1. The van der Waals surface area contributed by atoms with Crippen molar-refractivity contribution in [2.75, 3.05) is 19.5 Å². The normalized spacial score (nSPS) is 11.8. The Morgan fingerprint density at radius 2 is 1.83 bits per heavy atom. The van der Waals surface area contributed by atoms with E-state index in [4.69, 9.17) is 14.2 Å². The molecule has 1 N–H and O–H groups in total. The third kappa shape index (κ3) is 3.90. The second kappa shape index (κ2) is 8.37. The fourth-order valence-corrected chi connectivity index (χ4v) is 3.53. The second-order valence-corrected chi connectivity index (χ2v) is 7.21. The van der Waals surface area contributed by atoms with Gasteiger partial charge in [-0.2, -0.15) is 4.52 Å². The van der Waals surface area contributed by atoms with Crippen LogP contribution in [0.1, 0.15) is 6.92 Å². The van der Waals surface area contributed by atoms with Gasteiger partial charge >= 0.3 is 0 Å². The van der Waals surface area contributed by atoms with Gasteiger partial charge < -0.3 is 14.2 Å². The minimum atomic E-state index is -0.688. The van der Waals surface area contributed by atoms with Crippen molar-refractivity contribution in [2.24, 2.45) is 0 Å². The van der Waals surface area contributed by atoms with Crippen molar-refractivity contribution >= 4 is 27.3 Å². The molecule has 154 valence electrons. The van der Waals surface area contributed by atoms with Gasteiger partial charge in [-0.1, -0.05) is 29.5 Å². The molecule has 1 amide bonds. The molecule has 1 atom stereocenters. The molecular formula is C20H19N5O4S. The van der Waals surface area contributed by atoms with Crippen molar-refractivity contribution in [1.82, 2.24) is 19.8 Å². The number of ether oxygens (including phenoxy) is 3. The zero-order chi connectivity index (χ0) is 21.1. The molecule has 0 spiro atoms. The molecule has 0 aliphatic heterocycles. The first kappa shape index (κ1) is 19.6. The monoisotopic (exact) mass is 425 g/mol. The Kier molecular flexibility index (Phi) is 5.48. The van der Waals surface area contributed by atoms with Crippen LogP contribution in [0, 0.1) is 0 Å². The molecular weight excluding hydrogens is 406 g/mol. The summed E-state index contributed by atoms with van der Waals surface area (Å²) < 4.78 is 17.8. The fourth-order valence-electron chi connectivity index (χ4n) is 2.79. The first-order valence-electron chi connectivity index (χ1n) is 9.06. The molecule has 0 fully saturated rings. The summed E-state index contributed by atoms with van der Waals surface area (Å²) in [4.78, 5) is 13.0. The molecule has 0 saturated heterocycles. The molecule has 0 aliphatic rings. The van der Waals surface area contributed by atoms with Crippen molar-refractivity contribution in [2.45, 2.75) is 13.0 Å². The van der Waals surface area contributed by atoms with Crippen molar-refractivity contribution in [1.29, 1.82) is 0 Å². The maximum atomic E-state index is 12.5. The smallest absolute Gasteiger partial charge is 0.266 e. The Balaban J connectivity index is 1.54. The second-order valence-electron chi connectivity index (χ2n) is 6.26. The van der Waals surface area contributed by atoms with Crippen LogP contribution in [0.5, 0.6) is 17.2 Å².